The van der Waals surface area contributed by atoms with Crippen molar-refractivity contribution in [1.29, 1.82) is 0 Å². The van der Waals surface area contributed by atoms with Crippen LogP contribution in [0.4, 0.5) is 11.4 Å². The Balaban J connectivity index is 2.25. The summed E-state index contributed by atoms with van der Waals surface area (Å²) in [5.41, 5.74) is 4.82. The molecule has 0 unspecified atom stereocenters. The first-order valence-electron chi connectivity index (χ1n) is 6.94. The third kappa shape index (κ3) is 4.13. The van der Waals surface area contributed by atoms with Crippen molar-refractivity contribution < 1.29 is 22.3 Å². The Morgan fingerprint density at radius 2 is 1.67 bits per heavy atom. The highest BCUT2D eigenvalue weighted by Gasteiger charge is 2.22. The molecule has 0 bridgehead atoms. The van der Waals surface area contributed by atoms with Gasteiger partial charge in [-0.15, -0.1) is 0 Å². The van der Waals surface area contributed by atoms with Gasteiger partial charge in [-0.3, -0.25) is 10.1 Å². The van der Waals surface area contributed by atoms with Crippen molar-refractivity contribution in [1.82, 2.24) is 0 Å². The average Bonchev–Trinajstić information content (AvgIpc) is 2.48. The van der Waals surface area contributed by atoms with Crippen molar-refractivity contribution in [2.45, 2.75) is 24.8 Å². The molecule has 0 aliphatic carbocycles. The number of hydrogen-bond donors (Lipinski definition) is 1. The third-order valence-electron chi connectivity index (χ3n) is 2.89. The minimum absolute atomic E-state index is 0.0178. The van der Waals surface area contributed by atoms with Crippen molar-refractivity contribution in [3.05, 3.63) is 52.6 Å². The van der Waals surface area contributed by atoms with E-state index in [2.05, 4.69) is 0 Å². The molecule has 24 heavy (non-hydrogen) atoms. The fraction of sp³-hybridized carbons (Fsp3) is 0.200. The Kier molecular flexibility index (Phi) is 4.93. The fourth-order valence-electron chi connectivity index (χ4n) is 1.86. The first-order chi connectivity index (χ1) is 11.2. The Bertz CT molecular complexity index is 847. The summed E-state index contributed by atoms with van der Waals surface area (Å²) in [6, 6.07) is 9.15. The quantitative estimate of drug-likeness (QED) is 0.367. The molecule has 0 radical (unpaired) electrons. The molecule has 0 saturated heterocycles. The summed E-state index contributed by atoms with van der Waals surface area (Å²) >= 11 is 0. The van der Waals surface area contributed by atoms with Gasteiger partial charge in [0, 0.05) is 6.07 Å². The second kappa shape index (κ2) is 6.75. The van der Waals surface area contributed by atoms with Crippen molar-refractivity contribution in [2.24, 2.45) is 0 Å². The van der Waals surface area contributed by atoms with Crippen LogP contribution in [-0.2, 0) is 10.1 Å². The van der Waals surface area contributed by atoms with Crippen molar-refractivity contribution in [2.75, 3.05) is 5.73 Å². The maximum atomic E-state index is 12.2. The van der Waals surface area contributed by atoms with Crippen LogP contribution in [0.15, 0.2) is 47.4 Å². The van der Waals surface area contributed by atoms with E-state index in [1.807, 2.05) is 13.8 Å². The van der Waals surface area contributed by atoms with E-state index in [0.717, 1.165) is 18.2 Å². The van der Waals surface area contributed by atoms with Crippen LogP contribution in [0, 0.1) is 10.1 Å². The predicted octanol–water partition coefficient (Wildman–Crippen LogP) is 2.73. The molecule has 2 aromatic carbocycles. The van der Waals surface area contributed by atoms with Crippen LogP contribution in [0.25, 0.3) is 0 Å². The zero-order valence-electron chi connectivity index (χ0n) is 13.0. The second-order valence-electron chi connectivity index (χ2n) is 5.15. The second-order valence-corrected chi connectivity index (χ2v) is 6.70. The number of anilines is 1. The van der Waals surface area contributed by atoms with Gasteiger partial charge in [0.05, 0.1) is 11.0 Å². The van der Waals surface area contributed by atoms with Gasteiger partial charge in [0.25, 0.3) is 5.69 Å². The number of nitro groups is 1. The standard InChI is InChI=1S/C15H16N2O6S/c1-10(2)22-11-3-5-12(6-4-11)23-24(20,21)13-7-8-14(16)15(9-13)17(18)19/h3-10H,16H2,1-2H3. The molecule has 0 aliphatic rings. The molecular weight excluding hydrogens is 336 g/mol. The van der Waals surface area contributed by atoms with Gasteiger partial charge >= 0.3 is 10.1 Å². The molecule has 0 fully saturated rings. The largest absolute Gasteiger partial charge is 0.491 e. The number of nitro benzene ring substituents is 1. The van der Waals surface area contributed by atoms with E-state index in [1.165, 1.54) is 12.1 Å². The van der Waals surface area contributed by atoms with Gasteiger partial charge < -0.3 is 14.7 Å². The summed E-state index contributed by atoms with van der Waals surface area (Å²) < 4.78 is 34.9. The number of ether oxygens (including phenoxy) is 1. The minimum atomic E-state index is -4.22. The van der Waals surface area contributed by atoms with Gasteiger partial charge in [-0.05, 0) is 50.2 Å². The van der Waals surface area contributed by atoms with Crippen LogP contribution < -0.4 is 14.7 Å². The molecule has 0 heterocycles. The zero-order chi connectivity index (χ0) is 17.9. The van der Waals surface area contributed by atoms with E-state index < -0.39 is 20.7 Å². The zero-order valence-corrected chi connectivity index (χ0v) is 13.8. The van der Waals surface area contributed by atoms with Crippen LogP contribution in [0.2, 0.25) is 0 Å². The van der Waals surface area contributed by atoms with E-state index in [0.29, 0.717) is 5.75 Å². The number of benzene rings is 2. The van der Waals surface area contributed by atoms with E-state index in [-0.39, 0.29) is 22.4 Å². The maximum absolute atomic E-state index is 12.2. The van der Waals surface area contributed by atoms with Gasteiger partial charge in [-0.2, -0.15) is 8.42 Å². The van der Waals surface area contributed by atoms with Crippen molar-refractivity contribution in [3.63, 3.8) is 0 Å². The summed E-state index contributed by atoms with van der Waals surface area (Å²) in [5, 5.41) is 10.9. The summed E-state index contributed by atoms with van der Waals surface area (Å²) in [7, 11) is -4.22. The fourth-order valence-corrected chi connectivity index (χ4v) is 2.81. The van der Waals surface area contributed by atoms with Gasteiger partial charge in [0.1, 0.15) is 22.1 Å². The lowest BCUT2D eigenvalue weighted by Gasteiger charge is -2.11. The number of nitrogens with two attached hydrogens (primary N) is 1. The van der Waals surface area contributed by atoms with E-state index in [4.69, 9.17) is 14.7 Å². The Labute approximate surface area is 139 Å². The van der Waals surface area contributed by atoms with Crippen molar-refractivity contribution in [3.8, 4) is 11.5 Å². The molecule has 0 atom stereocenters. The van der Waals surface area contributed by atoms with Gasteiger partial charge in [-0.1, -0.05) is 0 Å². The van der Waals surface area contributed by atoms with E-state index >= 15 is 0 Å². The Hall–Kier alpha value is -2.81. The smallest absolute Gasteiger partial charge is 0.339 e. The van der Waals surface area contributed by atoms with E-state index in [1.54, 1.807) is 12.1 Å². The molecule has 2 N–H and O–H groups in total. The molecule has 128 valence electrons. The monoisotopic (exact) mass is 352 g/mol. The summed E-state index contributed by atoms with van der Waals surface area (Å²) in [6.45, 7) is 3.73. The molecule has 2 rings (SSSR count). The van der Waals surface area contributed by atoms with Crippen LogP contribution in [0.1, 0.15) is 13.8 Å². The first-order valence-corrected chi connectivity index (χ1v) is 8.35. The number of rotatable bonds is 6. The normalized spacial score (nSPS) is 11.3. The van der Waals surface area contributed by atoms with Gasteiger partial charge in [0.2, 0.25) is 0 Å². The number of nitrogen functional groups attached to an aromatic ring is 1. The lowest BCUT2D eigenvalue weighted by atomic mass is 10.3. The predicted molar refractivity (Wildman–Crippen MR) is 87.5 cm³/mol. The van der Waals surface area contributed by atoms with E-state index in [9.17, 15) is 18.5 Å². The molecule has 2 aromatic rings. The molecule has 9 heteroatoms. The SMILES string of the molecule is CC(C)Oc1ccc(OS(=O)(=O)c2ccc(N)c([N+](=O)[O-])c2)cc1. The lowest BCUT2D eigenvalue weighted by molar-refractivity contribution is -0.384. The molecule has 0 aromatic heterocycles. The van der Waals surface area contributed by atoms with Crippen LogP contribution >= 0.6 is 0 Å². The third-order valence-corrected chi connectivity index (χ3v) is 4.13. The number of hydrogen-bond acceptors (Lipinski definition) is 7. The van der Waals surface area contributed by atoms with Crippen molar-refractivity contribution >= 4 is 21.5 Å². The topological polar surface area (TPSA) is 122 Å². The highest BCUT2D eigenvalue weighted by Crippen LogP contribution is 2.27. The summed E-state index contributed by atoms with van der Waals surface area (Å²) in [6.07, 6.45) is -0.0178. The Morgan fingerprint density at radius 3 is 2.21 bits per heavy atom. The molecule has 0 amide bonds. The number of nitrogens with zero attached hydrogens (tertiary/aromatic N) is 1. The van der Waals surface area contributed by atoms with Crippen LogP contribution in [0.5, 0.6) is 11.5 Å². The molecule has 0 saturated carbocycles. The summed E-state index contributed by atoms with van der Waals surface area (Å²) in [5.74, 6) is 0.628. The highest BCUT2D eigenvalue weighted by molar-refractivity contribution is 7.87. The molecule has 0 aliphatic heterocycles. The van der Waals surface area contributed by atoms with Gasteiger partial charge in [-0.25, -0.2) is 0 Å². The first kappa shape index (κ1) is 17.5. The molecule has 0 spiro atoms. The maximum Gasteiger partial charge on any atom is 0.339 e. The minimum Gasteiger partial charge on any atom is -0.491 e. The van der Waals surface area contributed by atoms with Crippen LogP contribution in [-0.4, -0.2) is 19.4 Å². The van der Waals surface area contributed by atoms with Gasteiger partial charge in [0.15, 0.2) is 0 Å². The highest BCUT2D eigenvalue weighted by atomic mass is 32.2. The Morgan fingerprint density at radius 1 is 1.08 bits per heavy atom. The molecule has 8 nitrogen and oxygen atoms in total. The molecular formula is C15H16N2O6S. The lowest BCUT2D eigenvalue weighted by Crippen LogP contribution is -2.11. The average molecular weight is 352 g/mol. The summed E-state index contributed by atoms with van der Waals surface area (Å²) in [4.78, 5) is 9.75. The van der Waals surface area contributed by atoms with Crippen LogP contribution in [0.3, 0.4) is 0 Å².